The number of aromatic nitrogens is 2. The van der Waals surface area contributed by atoms with Gasteiger partial charge in [0.25, 0.3) is 15.9 Å². The fourth-order valence-electron chi connectivity index (χ4n) is 3.68. The number of carbonyl (C=O) groups is 2. The Morgan fingerprint density at radius 2 is 1.62 bits per heavy atom. The molecule has 13 heteroatoms. The van der Waals surface area contributed by atoms with Crippen LogP contribution in [0, 0.1) is 5.82 Å². The molecule has 0 bridgehead atoms. The number of carbonyl (C=O) groups excluding carboxylic acids is 2. The van der Waals surface area contributed by atoms with Gasteiger partial charge in [-0.2, -0.15) is 0 Å². The highest BCUT2D eigenvalue weighted by Crippen LogP contribution is 2.21. The Kier molecular flexibility index (Phi) is 8.25. The monoisotopic (exact) mass is 528 g/mol. The lowest BCUT2D eigenvalue weighted by Crippen LogP contribution is -2.47. The number of sulfonamides is 1. The number of amides is 1. The Balaban J connectivity index is 1.23. The zero-order valence-corrected chi connectivity index (χ0v) is 20.5. The second-order valence-corrected chi connectivity index (χ2v) is 9.71. The molecule has 1 aromatic heterocycles. The molecule has 0 atom stereocenters. The molecule has 37 heavy (non-hydrogen) atoms. The zero-order valence-electron chi connectivity index (χ0n) is 19.7. The Labute approximate surface area is 213 Å². The van der Waals surface area contributed by atoms with Gasteiger partial charge < -0.3 is 20.0 Å². The molecule has 0 aliphatic carbocycles. The van der Waals surface area contributed by atoms with Crippen molar-refractivity contribution in [1.29, 1.82) is 0 Å². The summed E-state index contributed by atoms with van der Waals surface area (Å²) in [5.41, 5.74) is 0.482. The van der Waals surface area contributed by atoms with Crippen molar-refractivity contribution in [2.75, 3.05) is 42.5 Å². The molecule has 1 aliphatic rings. The summed E-state index contributed by atoms with van der Waals surface area (Å²) in [5.74, 6) is -1.65. The number of nitrogens with zero attached hydrogens (tertiary/aromatic N) is 4. The highest BCUT2D eigenvalue weighted by molar-refractivity contribution is 7.89. The van der Waals surface area contributed by atoms with Gasteiger partial charge in [0.1, 0.15) is 5.82 Å². The van der Waals surface area contributed by atoms with E-state index >= 15 is 0 Å². The van der Waals surface area contributed by atoms with Crippen LogP contribution in [0.1, 0.15) is 16.8 Å². The highest BCUT2D eigenvalue weighted by Gasteiger charge is 2.21. The summed E-state index contributed by atoms with van der Waals surface area (Å²) in [7, 11) is -4.02. The minimum Gasteiger partial charge on any atom is -0.368 e. The van der Waals surface area contributed by atoms with Crippen LogP contribution in [0.4, 0.5) is 16.0 Å². The standard InChI is InChI=1S/C24H25FN6O5S/c25-21-17-18(30-13-15-31(16-14-30)24-27-10-4-11-28-24)7-8-20(21)23(33)26-12-9-22(32)36-29-37(34,35)19-5-2-1-3-6-19/h1-8,10-11,17,29H,9,12-16H2,(H,26,33). The third-order valence-electron chi connectivity index (χ3n) is 5.61. The number of piperazine rings is 1. The minimum absolute atomic E-state index is 0.0675. The maximum Gasteiger partial charge on any atom is 0.327 e. The normalized spacial score (nSPS) is 13.8. The van der Waals surface area contributed by atoms with Gasteiger partial charge in [0.2, 0.25) is 5.95 Å². The fourth-order valence-corrected chi connectivity index (χ4v) is 4.49. The average molecular weight is 529 g/mol. The van der Waals surface area contributed by atoms with Crippen LogP contribution in [0.25, 0.3) is 0 Å². The highest BCUT2D eigenvalue weighted by atomic mass is 32.2. The van der Waals surface area contributed by atoms with E-state index in [1.807, 2.05) is 9.80 Å². The Morgan fingerprint density at radius 1 is 0.946 bits per heavy atom. The summed E-state index contributed by atoms with van der Waals surface area (Å²) >= 11 is 0. The van der Waals surface area contributed by atoms with E-state index in [1.54, 1.807) is 35.5 Å². The quantitative estimate of drug-likeness (QED) is 0.396. The molecular formula is C24H25FN6O5S. The van der Waals surface area contributed by atoms with Gasteiger partial charge in [-0.05, 0) is 41.3 Å². The van der Waals surface area contributed by atoms with Gasteiger partial charge in [0.05, 0.1) is 16.9 Å². The third-order valence-corrected chi connectivity index (χ3v) is 6.81. The molecule has 0 radical (unpaired) electrons. The number of nitrogens with one attached hydrogen (secondary N) is 2. The topological polar surface area (TPSA) is 134 Å². The van der Waals surface area contributed by atoms with Crippen LogP contribution in [0.2, 0.25) is 0 Å². The van der Waals surface area contributed by atoms with Crippen LogP contribution in [-0.2, 0) is 19.7 Å². The molecule has 1 aliphatic heterocycles. The van der Waals surface area contributed by atoms with Gasteiger partial charge in [0, 0.05) is 50.8 Å². The molecule has 1 fully saturated rings. The van der Waals surface area contributed by atoms with Crippen molar-refractivity contribution in [2.24, 2.45) is 0 Å². The van der Waals surface area contributed by atoms with E-state index in [-0.39, 0.29) is 23.4 Å². The summed E-state index contributed by atoms with van der Waals surface area (Å²) in [6, 6.07) is 13.5. The van der Waals surface area contributed by atoms with E-state index < -0.39 is 27.7 Å². The summed E-state index contributed by atoms with van der Waals surface area (Å²) in [6.07, 6.45) is 3.05. The predicted molar refractivity (Wildman–Crippen MR) is 133 cm³/mol. The largest absolute Gasteiger partial charge is 0.368 e. The van der Waals surface area contributed by atoms with Crippen molar-refractivity contribution in [1.82, 2.24) is 20.2 Å². The maximum absolute atomic E-state index is 14.7. The van der Waals surface area contributed by atoms with Crippen LogP contribution in [0.15, 0.2) is 71.9 Å². The minimum atomic E-state index is -4.02. The summed E-state index contributed by atoms with van der Waals surface area (Å²) in [5, 5.41) is 2.43. The number of halogens is 1. The number of hydrogen-bond acceptors (Lipinski definition) is 9. The van der Waals surface area contributed by atoms with Gasteiger partial charge in [0.15, 0.2) is 0 Å². The first-order chi connectivity index (χ1) is 17.8. The molecule has 194 valence electrons. The summed E-state index contributed by atoms with van der Waals surface area (Å²) in [6.45, 7) is 2.45. The van der Waals surface area contributed by atoms with Crippen molar-refractivity contribution in [3.63, 3.8) is 0 Å². The second-order valence-electron chi connectivity index (χ2n) is 8.07. The Hall–Kier alpha value is -4.10. The van der Waals surface area contributed by atoms with Gasteiger partial charge in [-0.3, -0.25) is 9.59 Å². The number of benzene rings is 2. The van der Waals surface area contributed by atoms with Crippen molar-refractivity contribution < 1.29 is 27.2 Å². The summed E-state index contributed by atoms with van der Waals surface area (Å²) in [4.78, 5) is 43.0. The van der Waals surface area contributed by atoms with E-state index in [4.69, 9.17) is 0 Å². The molecule has 4 rings (SSSR count). The predicted octanol–water partition coefficient (Wildman–Crippen LogP) is 1.50. The molecule has 1 amide bonds. The maximum atomic E-state index is 14.7. The first-order valence-electron chi connectivity index (χ1n) is 11.4. The van der Waals surface area contributed by atoms with E-state index in [1.165, 1.54) is 36.4 Å². The smallest absolute Gasteiger partial charge is 0.327 e. The van der Waals surface area contributed by atoms with Crippen LogP contribution in [0.5, 0.6) is 0 Å². The molecule has 3 aromatic rings. The van der Waals surface area contributed by atoms with E-state index in [9.17, 15) is 22.4 Å². The van der Waals surface area contributed by atoms with Crippen molar-refractivity contribution in [3.05, 3.63) is 78.4 Å². The molecule has 11 nitrogen and oxygen atoms in total. The molecule has 0 saturated carbocycles. The number of hydrogen-bond donors (Lipinski definition) is 2. The SMILES string of the molecule is O=C(CCNC(=O)c1ccc(N2CCN(c3ncccn3)CC2)cc1F)ONS(=O)(=O)c1ccccc1. The first-order valence-corrected chi connectivity index (χ1v) is 12.9. The lowest BCUT2D eigenvalue weighted by Gasteiger charge is -2.36. The molecule has 2 aromatic carbocycles. The average Bonchev–Trinajstić information content (AvgIpc) is 2.93. The lowest BCUT2D eigenvalue weighted by atomic mass is 10.1. The zero-order chi connectivity index (χ0) is 26.3. The van der Waals surface area contributed by atoms with Crippen LogP contribution in [0.3, 0.4) is 0 Å². The molecule has 0 spiro atoms. The number of rotatable bonds is 9. The Morgan fingerprint density at radius 3 is 2.30 bits per heavy atom. The van der Waals surface area contributed by atoms with Crippen molar-refractivity contribution in [2.45, 2.75) is 11.3 Å². The van der Waals surface area contributed by atoms with Crippen LogP contribution in [-0.4, -0.2) is 63.0 Å². The molecule has 1 saturated heterocycles. The van der Waals surface area contributed by atoms with Gasteiger partial charge in [-0.25, -0.2) is 22.8 Å². The molecule has 2 heterocycles. The molecular weight excluding hydrogens is 503 g/mol. The molecule has 2 N–H and O–H groups in total. The second kappa shape index (κ2) is 11.8. The van der Waals surface area contributed by atoms with Crippen LogP contribution >= 0.6 is 0 Å². The van der Waals surface area contributed by atoms with E-state index in [0.717, 1.165) is 0 Å². The van der Waals surface area contributed by atoms with E-state index in [0.29, 0.717) is 37.8 Å². The van der Waals surface area contributed by atoms with Crippen LogP contribution < -0.4 is 20.0 Å². The van der Waals surface area contributed by atoms with Gasteiger partial charge >= 0.3 is 5.97 Å². The lowest BCUT2D eigenvalue weighted by molar-refractivity contribution is -0.146. The van der Waals surface area contributed by atoms with Crippen molar-refractivity contribution >= 4 is 33.5 Å². The van der Waals surface area contributed by atoms with Gasteiger partial charge in [-0.1, -0.05) is 18.2 Å². The number of anilines is 2. The molecule has 0 unspecified atom stereocenters. The first kappa shape index (κ1) is 26.0. The van der Waals surface area contributed by atoms with E-state index in [2.05, 4.69) is 20.1 Å². The Bertz CT molecular complexity index is 1340. The van der Waals surface area contributed by atoms with Crippen molar-refractivity contribution in [3.8, 4) is 0 Å². The summed E-state index contributed by atoms with van der Waals surface area (Å²) < 4.78 is 38.8. The van der Waals surface area contributed by atoms with Gasteiger partial charge in [-0.15, -0.1) is 0 Å². The third kappa shape index (κ3) is 6.77. The fraction of sp³-hybridized carbons (Fsp3) is 0.250.